The summed E-state index contributed by atoms with van der Waals surface area (Å²) in [6, 6.07) is 3.28. The van der Waals surface area contributed by atoms with Gasteiger partial charge in [0.2, 0.25) is 0 Å². The molecule has 0 aliphatic rings. The predicted molar refractivity (Wildman–Crippen MR) is 44.6 cm³/mol. The molecule has 0 aliphatic carbocycles. The zero-order chi connectivity index (χ0) is 10.0. The molecule has 0 bridgehead atoms. The molecule has 0 fully saturated rings. The second kappa shape index (κ2) is 3.93. The number of aliphatic hydroxyl groups is 1. The summed E-state index contributed by atoms with van der Waals surface area (Å²) in [5.74, 6) is -0.801. The first kappa shape index (κ1) is 10.3. The third-order valence-corrected chi connectivity index (χ3v) is 2.17. The Kier molecular flexibility index (Phi) is 3.10. The maximum Gasteiger partial charge on any atom is 0.189 e. The molecule has 0 saturated carbocycles. The molecule has 0 aromatic heterocycles. The van der Waals surface area contributed by atoms with E-state index in [9.17, 15) is 8.60 Å². The maximum absolute atomic E-state index is 12.8. The molecule has 1 aromatic rings. The molecule has 2 unspecified atom stereocenters. The summed E-state index contributed by atoms with van der Waals surface area (Å²) < 4.78 is 32.0. The Labute approximate surface area is 76.5 Å². The highest BCUT2D eigenvalue weighted by molar-refractivity contribution is 7.79. The van der Waals surface area contributed by atoms with Gasteiger partial charge in [0.25, 0.3) is 0 Å². The lowest BCUT2D eigenvalue weighted by atomic mass is 10.2. The van der Waals surface area contributed by atoms with Gasteiger partial charge in [-0.2, -0.15) is 0 Å². The third-order valence-electron chi connectivity index (χ3n) is 1.48. The van der Waals surface area contributed by atoms with Crippen LogP contribution in [0.25, 0.3) is 0 Å². The summed E-state index contributed by atoms with van der Waals surface area (Å²) in [5.41, 5.74) is 5.28. The molecule has 0 radical (unpaired) electrons. The first-order valence-corrected chi connectivity index (χ1v) is 4.47. The highest BCUT2D eigenvalue weighted by atomic mass is 32.2. The molecule has 13 heavy (non-hydrogen) atoms. The van der Waals surface area contributed by atoms with Gasteiger partial charge in [-0.15, -0.1) is 0 Å². The van der Waals surface area contributed by atoms with Gasteiger partial charge in [-0.3, -0.25) is 0 Å². The van der Waals surface area contributed by atoms with E-state index >= 15 is 0 Å². The summed E-state index contributed by atoms with van der Waals surface area (Å²) in [6.07, 6.45) is -1.28. The SMILES string of the molecule is NC(O)c1ccc(F)c(S(=O)O)c1. The Morgan fingerprint density at radius 1 is 1.54 bits per heavy atom. The van der Waals surface area contributed by atoms with Crippen LogP contribution in [0.2, 0.25) is 0 Å². The quantitative estimate of drug-likeness (QED) is 0.480. The highest BCUT2D eigenvalue weighted by Gasteiger charge is 2.10. The van der Waals surface area contributed by atoms with Gasteiger partial charge in [0.15, 0.2) is 11.1 Å². The Hall–Kier alpha value is -0.820. The van der Waals surface area contributed by atoms with Gasteiger partial charge in [-0.05, 0) is 17.7 Å². The average Bonchev–Trinajstić information content (AvgIpc) is 2.04. The third kappa shape index (κ3) is 2.31. The standard InChI is InChI=1S/C7H8FNO3S/c8-5-2-1-4(7(9)10)3-6(5)13(11)12/h1-3,7,10H,9H2,(H,11,12). The van der Waals surface area contributed by atoms with E-state index in [4.69, 9.17) is 15.4 Å². The summed E-state index contributed by atoms with van der Waals surface area (Å²) in [7, 11) is 0. The molecular formula is C7H8FNO3S. The summed E-state index contributed by atoms with van der Waals surface area (Å²) in [4.78, 5) is -0.387. The molecule has 4 nitrogen and oxygen atoms in total. The topological polar surface area (TPSA) is 83.5 Å². The van der Waals surface area contributed by atoms with Gasteiger partial charge in [-0.1, -0.05) is 6.07 Å². The molecule has 4 N–H and O–H groups in total. The van der Waals surface area contributed by atoms with Crippen LogP contribution in [-0.4, -0.2) is 13.9 Å². The van der Waals surface area contributed by atoms with Crippen molar-refractivity contribution in [3.05, 3.63) is 29.6 Å². The van der Waals surface area contributed by atoms with Gasteiger partial charge in [0, 0.05) is 0 Å². The van der Waals surface area contributed by atoms with Crippen molar-refractivity contribution in [2.75, 3.05) is 0 Å². The normalized spacial score (nSPS) is 15.4. The van der Waals surface area contributed by atoms with Crippen molar-refractivity contribution < 1.29 is 18.3 Å². The van der Waals surface area contributed by atoms with E-state index in [1.54, 1.807) is 0 Å². The van der Waals surface area contributed by atoms with Crippen molar-refractivity contribution in [2.24, 2.45) is 5.73 Å². The number of aliphatic hydroxyl groups excluding tert-OH is 1. The highest BCUT2D eigenvalue weighted by Crippen LogP contribution is 2.16. The van der Waals surface area contributed by atoms with Crippen LogP contribution in [0.15, 0.2) is 23.1 Å². The Balaban J connectivity index is 3.19. The zero-order valence-electron chi connectivity index (χ0n) is 6.48. The van der Waals surface area contributed by atoms with Crippen molar-refractivity contribution in [1.82, 2.24) is 0 Å². The monoisotopic (exact) mass is 205 g/mol. The minimum absolute atomic E-state index is 0.193. The minimum Gasteiger partial charge on any atom is -0.375 e. The number of nitrogens with two attached hydrogens (primary N) is 1. The fourth-order valence-corrected chi connectivity index (χ4v) is 1.31. The lowest BCUT2D eigenvalue weighted by Crippen LogP contribution is -2.09. The largest absolute Gasteiger partial charge is 0.375 e. The second-order valence-electron chi connectivity index (χ2n) is 2.38. The van der Waals surface area contributed by atoms with Crippen LogP contribution in [0.5, 0.6) is 0 Å². The lowest BCUT2D eigenvalue weighted by molar-refractivity contribution is 0.186. The molecule has 0 heterocycles. The van der Waals surface area contributed by atoms with E-state index < -0.39 is 23.1 Å². The first-order chi connectivity index (χ1) is 6.02. The van der Waals surface area contributed by atoms with E-state index in [0.29, 0.717) is 0 Å². The maximum atomic E-state index is 12.8. The van der Waals surface area contributed by atoms with Gasteiger partial charge in [0.05, 0.1) is 0 Å². The van der Waals surface area contributed by atoms with Crippen LogP contribution in [0.3, 0.4) is 0 Å². The van der Waals surface area contributed by atoms with E-state index in [1.807, 2.05) is 0 Å². The molecule has 0 aliphatic heterocycles. The van der Waals surface area contributed by atoms with E-state index in [1.165, 1.54) is 6.07 Å². The molecule has 0 saturated heterocycles. The fourth-order valence-electron chi connectivity index (χ4n) is 0.838. The van der Waals surface area contributed by atoms with Gasteiger partial charge >= 0.3 is 0 Å². The molecule has 72 valence electrons. The van der Waals surface area contributed by atoms with Crippen molar-refractivity contribution in [3.8, 4) is 0 Å². The second-order valence-corrected chi connectivity index (χ2v) is 3.32. The van der Waals surface area contributed by atoms with Crippen LogP contribution in [0, 0.1) is 5.82 Å². The minimum atomic E-state index is -2.41. The van der Waals surface area contributed by atoms with E-state index in [2.05, 4.69) is 0 Å². The van der Waals surface area contributed by atoms with Crippen molar-refractivity contribution in [1.29, 1.82) is 0 Å². The van der Waals surface area contributed by atoms with Crippen molar-refractivity contribution in [3.63, 3.8) is 0 Å². The molecular weight excluding hydrogens is 197 g/mol. The summed E-state index contributed by atoms with van der Waals surface area (Å²) in [5, 5.41) is 8.90. The Bertz CT molecular complexity index is 343. The smallest absolute Gasteiger partial charge is 0.189 e. The van der Waals surface area contributed by atoms with E-state index in [-0.39, 0.29) is 10.5 Å². The van der Waals surface area contributed by atoms with Crippen LogP contribution < -0.4 is 5.73 Å². The molecule has 1 aromatic carbocycles. The van der Waals surface area contributed by atoms with Crippen LogP contribution in [0.4, 0.5) is 4.39 Å². The average molecular weight is 205 g/mol. The van der Waals surface area contributed by atoms with Gasteiger partial charge in [-0.25, -0.2) is 8.60 Å². The summed E-state index contributed by atoms with van der Waals surface area (Å²) in [6.45, 7) is 0. The Morgan fingerprint density at radius 3 is 2.62 bits per heavy atom. The first-order valence-electron chi connectivity index (χ1n) is 3.36. The number of hydrogen-bond donors (Lipinski definition) is 3. The van der Waals surface area contributed by atoms with Gasteiger partial charge < -0.3 is 15.4 Å². The zero-order valence-corrected chi connectivity index (χ0v) is 7.29. The number of rotatable bonds is 2. The van der Waals surface area contributed by atoms with Crippen LogP contribution in [-0.2, 0) is 11.1 Å². The van der Waals surface area contributed by atoms with Crippen molar-refractivity contribution in [2.45, 2.75) is 11.1 Å². The van der Waals surface area contributed by atoms with Gasteiger partial charge in [0.1, 0.15) is 16.9 Å². The molecule has 2 atom stereocenters. The number of halogens is 1. The van der Waals surface area contributed by atoms with Crippen molar-refractivity contribution >= 4 is 11.1 Å². The number of benzene rings is 1. The molecule has 0 spiro atoms. The van der Waals surface area contributed by atoms with Crippen LogP contribution in [0.1, 0.15) is 11.8 Å². The predicted octanol–water partition coefficient (Wildman–Crippen LogP) is 0.356. The van der Waals surface area contributed by atoms with E-state index in [0.717, 1.165) is 12.1 Å². The number of hydrogen-bond acceptors (Lipinski definition) is 3. The fraction of sp³-hybridized carbons (Fsp3) is 0.143. The summed E-state index contributed by atoms with van der Waals surface area (Å²) >= 11 is -2.41. The lowest BCUT2D eigenvalue weighted by Gasteiger charge is -2.05. The Morgan fingerprint density at radius 2 is 2.15 bits per heavy atom. The molecule has 1 rings (SSSR count). The van der Waals surface area contributed by atoms with Crippen LogP contribution >= 0.6 is 0 Å². The molecule has 6 heteroatoms. The molecule has 0 amide bonds.